The van der Waals surface area contributed by atoms with Gasteiger partial charge in [-0.1, -0.05) is 37.8 Å². The topological polar surface area (TPSA) is 9.23 Å². The lowest BCUT2D eigenvalue weighted by molar-refractivity contribution is 0.330. The minimum absolute atomic E-state index is 0.133. The number of ether oxygens (including phenoxy) is 1. The second-order valence-corrected chi connectivity index (χ2v) is 3.46. The molecule has 0 N–H and O–H groups in total. The Kier molecular flexibility index (Phi) is 4.35. The van der Waals surface area contributed by atoms with Gasteiger partial charge in [-0.05, 0) is 6.92 Å². The van der Waals surface area contributed by atoms with E-state index in [-0.39, 0.29) is 12.6 Å². The number of para-hydroxylation sites is 1. The van der Waals surface area contributed by atoms with Crippen molar-refractivity contribution in [2.75, 3.05) is 13.3 Å². The molecule has 1 atom stereocenters. The number of halogens is 1. The van der Waals surface area contributed by atoms with Crippen molar-refractivity contribution in [2.24, 2.45) is 0 Å². The molecule has 0 aliphatic rings. The molecule has 82 valence electrons. The minimum Gasteiger partial charge on any atom is -0.493 e. The van der Waals surface area contributed by atoms with Crippen LogP contribution in [-0.2, 0) is 0 Å². The fourth-order valence-corrected chi connectivity index (χ4v) is 1.52. The number of rotatable bonds is 5. The van der Waals surface area contributed by atoms with Crippen LogP contribution >= 0.6 is 0 Å². The van der Waals surface area contributed by atoms with Crippen LogP contribution in [0.2, 0.25) is 0 Å². The van der Waals surface area contributed by atoms with Gasteiger partial charge in [0.25, 0.3) is 0 Å². The van der Waals surface area contributed by atoms with Gasteiger partial charge in [-0.2, -0.15) is 0 Å². The van der Waals surface area contributed by atoms with Crippen molar-refractivity contribution in [3.8, 4) is 5.75 Å². The van der Waals surface area contributed by atoms with E-state index in [9.17, 15) is 4.39 Å². The molecule has 1 rings (SSSR count). The maximum absolute atomic E-state index is 12.6. The SMILES string of the molecule is C=Cc1cccc(C(C)CF)c1OCC. The van der Waals surface area contributed by atoms with Gasteiger partial charge in [0, 0.05) is 17.0 Å². The van der Waals surface area contributed by atoms with Crippen molar-refractivity contribution in [3.63, 3.8) is 0 Å². The minimum atomic E-state index is -0.374. The van der Waals surface area contributed by atoms with Gasteiger partial charge in [-0.3, -0.25) is 4.39 Å². The van der Waals surface area contributed by atoms with E-state index in [0.717, 1.165) is 16.9 Å². The summed E-state index contributed by atoms with van der Waals surface area (Å²) in [5.41, 5.74) is 1.84. The van der Waals surface area contributed by atoms with Crippen LogP contribution in [0.4, 0.5) is 4.39 Å². The largest absolute Gasteiger partial charge is 0.493 e. The van der Waals surface area contributed by atoms with E-state index in [2.05, 4.69) is 6.58 Å². The molecule has 0 aromatic heterocycles. The van der Waals surface area contributed by atoms with Crippen molar-refractivity contribution in [3.05, 3.63) is 35.9 Å². The maximum atomic E-state index is 12.6. The van der Waals surface area contributed by atoms with E-state index in [1.54, 1.807) is 6.08 Å². The molecule has 0 spiro atoms. The predicted octanol–water partition coefficient (Wildman–Crippen LogP) is 3.80. The molecule has 15 heavy (non-hydrogen) atoms. The van der Waals surface area contributed by atoms with Gasteiger partial charge in [0.1, 0.15) is 5.75 Å². The first-order chi connectivity index (χ1) is 7.24. The van der Waals surface area contributed by atoms with E-state index in [1.165, 1.54) is 0 Å². The zero-order valence-corrected chi connectivity index (χ0v) is 9.29. The van der Waals surface area contributed by atoms with Crippen molar-refractivity contribution < 1.29 is 9.13 Å². The molecule has 0 aliphatic carbocycles. The van der Waals surface area contributed by atoms with Gasteiger partial charge in [-0.15, -0.1) is 0 Å². The molecule has 1 aromatic rings. The molecule has 1 unspecified atom stereocenters. The first-order valence-electron chi connectivity index (χ1n) is 5.18. The van der Waals surface area contributed by atoms with Crippen LogP contribution < -0.4 is 4.74 Å². The summed E-state index contributed by atoms with van der Waals surface area (Å²) in [5, 5.41) is 0. The lowest BCUT2D eigenvalue weighted by Gasteiger charge is -2.16. The van der Waals surface area contributed by atoms with Gasteiger partial charge in [0.15, 0.2) is 0 Å². The summed E-state index contributed by atoms with van der Waals surface area (Å²) in [5.74, 6) is 0.631. The molecule has 0 heterocycles. The Labute approximate surface area is 90.6 Å². The molecule has 0 amide bonds. The Morgan fingerprint density at radius 3 is 2.80 bits per heavy atom. The summed E-state index contributed by atoms with van der Waals surface area (Å²) in [4.78, 5) is 0. The molecule has 0 bridgehead atoms. The van der Waals surface area contributed by atoms with Crippen molar-refractivity contribution in [1.29, 1.82) is 0 Å². The molecule has 1 nitrogen and oxygen atoms in total. The molecular formula is C13H17FO. The van der Waals surface area contributed by atoms with Gasteiger partial charge >= 0.3 is 0 Å². The van der Waals surface area contributed by atoms with Crippen LogP contribution in [-0.4, -0.2) is 13.3 Å². The van der Waals surface area contributed by atoms with Crippen LogP contribution in [0.3, 0.4) is 0 Å². The highest BCUT2D eigenvalue weighted by molar-refractivity contribution is 5.59. The second-order valence-electron chi connectivity index (χ2n) is 3.46. The number of hydrogen-bond donors (Lipinski definition) is 0. The van der Waals surface area contributed by atoms with E-state index in [0.29, 0.717) is 6.61 Å². The Bertz CT molecular complexity index is 333. The molecule has 0 saturated heterocycles. The molecule has 2 heteroatoms. The highest BCUT2D eigenvalue weighted by atomic mass is 19.1. The third kappa shape index (κ3) is 2.58. The van der Waals surface area contributed by atoms with Crippen LogP contribution in [0.1, 0.15) is 30.9 Å². The molecular weight excluding hydrogens is 191 g/mol. The van der Waals surface area contributed by atoms with Gasteiger partial charge in [-0.25, -0.2) is 0 Å². The Morgan fingerprint density at radius 2 is 2.27 bits per heavy atom. The average molecular weight is 208 g/mol. The Balaban J connectivity index is 3.18. The lowest BCUT2D eigenvalue weighted by Crippen LogP contribution is -2.03. The highest BCUT2D eigenvalue weighted by Crippen LogP contribution is 2.31. The smallest absolute Gasteiger partial charge is 0.130 e. The van der Waals surface area contributed by atoms with E-state index >= 15 is 0 Å². The summed E-state index contributed by atoms with van der Waals surface area (Å²) in [6, 6.07) is 5.73. The van der Waals surface area contributed by atoms with Crippen molar-refractivity contribution >= 4 is 6.08 Å². The van der Waals surface area contributed by atoms with Gasteiger partial charge < -0.3 is 4.74 Å². The zero-order chi connectivity index (χ0) is 11.3. The number of benzene rings is 1. The Morgan fingerprint density at radius 1 is 1.53 bits per heavy atom. The zero-order valence-electron chi connectivity index (χ0n) is 9.29. The molecule has 1 aromatic carbocycles. The third-order valence-electron chi connectivity index (χ3n) is 2.35. The van der Waals surface area contributed by atoms with E-state index in [4.69, 9.17) is 4.74 Å². The monoisotopic (exact) mass is 208 g/mol. The van der Waals surface area contributed by atoms with Crippen LogP contribution in [0.5, 0.6) is 5.75 Å². The lowest BCUT2D eigenvalue weighted by atomic mass is 9.98. The van der Waals surface area contributed by atoms with Crippen LogP contribution in [0.25, 0.3) is 6.08 Å². The first kappa shape index (κ1) is 11.8. The summed E-state index contributed by atoms with van der Waals surface area (Å²) in [7, 11) is 0. The average Bonchev–Trinajstić information content (AvgIpc) is 2.28. The Hall–Kier alpha value is -1.31. The van der Waals surface area contributed by atoms with Gasteiger partial charge in [0.2, 0.25) is 0 Å². The predicted molar refractivity (Wildman–Crippen MR) is 62.1 cm³/mol. The first-order valence-corrected chi connectivity index (χ1v) is 5.18. The van der Waals surface area contributed by atoms with Crippen LogP contribution in [0.15, 0.2) is 24.8 Å². The molecule has 0 saturated carbocycles. The fourth-order valence-electron chi connectivity index (χ4n) is 1.52. The second kappa shape index (κ2) is 5.54. The number of hydrogen-bond acceptors (Lipinski definition) is 1. The summed E-state index contributed by atoms with van der Waals surface area (Å²) in [6.07, 6.45) is 1.74. The normalized spacial score (nSPS) is 12.2. The number of alkyl halides is 1. The van der Waals surface area contributed by atoms with Crippen LogP contribution in [0, 0.1) is 0 Å². The van der Waals surface area contributed by atoms with E-state index in [1.807, 2.05) is 32.0 Å². The maximum Gasteiger partial charge on any atom is 0.130 e. The fraction of sp³-hybridized carbons (Fsp3) is 0.385. The third-order valence-corrected chi connectivity index (χ3v) is 2.35. The molecule has 0 radical (unpaired) electrons. The summed E-state index contributed by atoms with van der Waals surface area (Å²) >= 11 is 0. The quantitative estimate of drug-likeness (QED) is 0.715. The standard InChI is InChI=1S/C13H17FO/c1-4-11-7-6-8-12(10(3)9-14)13(11)15-5-2/h4,6-8,10H,1,5,9H2,2-3H3. The highest BCUT2D eigenvalue weighted by Gasteiger charge is 2.13. The van der Waals surface area contributed by atoms with E-state index < -0.39 is 0 Å². The molecule has 0 fully saturated rings. The summed E-state index contributed by atoms with van der Waals surface area (Å²) < 4.78 is 18.2. The van der Waals surface area contributed by atoms with Gasteiger partial charge in [0.05, 0.1) is 13.3 Å². The summed E-state index contributed by atoms with van der Waals surface area (Å²) in [6.45, 7) is 7.70. The van der Waals surface area contributed by atoms with Crippen molar-refractivity contribution in [1.82, 2.24) is 0 Å². The molecule has 0 aliphatic heterocycles. The van der Waals surface area contributed by atoms with Crippen molar-refractivity contribution in [2.45, 2.75) is 19.8 Å².